The molecule has 2 atom stereocenters. The molecular formula is C18H27N3. The first-order valence-corrected chi connectivity index (χ1v) is 8.59. The molecule has 1 aromatic rings. The number of nitrogens with one attached hydrogen (secondary N) is 1. The highest BCUT2D eigenvalue weighted by Gasteiger charge is 2.38. The van der Waals surface area contributed by atoms with E-state index in [4.69, 9.17) is 0 Å². The maximum absolute atomic E-state index is 3.65. The predicted molar refractivity (Wildman–Crippen MR) is 86.6 cm³/mol. The Balaban J connectivity index is 1.64. The quantitative estimate of drug-likeness (QED) is 0.915. The van der Waals surface area contributed by atoms with Crippen LogP contribution >= 0.6 is 0 Å². The molecule has 0 radical (unpaired) electrons. The molecule has 5 rings (SSSR count). The van der Waals surface area contributed by atoms with Crippen LogP contribution in [0.15, 0.2) is 24.3 Å². The number of piperazine rings is 3. The summed E-state index contributed by atoms with van der Waals surface area (Å²) in [6, 6.07) is 10.3. The van der Waals surface area contributed by atoms with Gasteiger partial charge >= 0.3 is 0 Å². The smallest absolute Gasteiger partial charge is 0.0491 e. The summed E-state index contributed by atoms with van der Waals surface area (Å²) >= 11 is 0. The summed E-state index contributed by atoms with van der Waals surface area (Å²) in [5.41, 5.74) is 3.17. The van der Waals surface area contributed by atoms with Gasteiger partial charge in [0.05, 0.1) is 0 Å². The standard InChI is InChI=1S/C18H27N3/c1-19-18(17-13-20-9-11-21(17)12-10-20)16-8-3-2-7-15(16)14-5-4-6-14/h2-3,7-8,14,17-19H,4-6,9-13H2,1H3. The molecule has 2 unspecified atom stereocenters. The lowest BCUT2D eigenvalue weighted by Gasteiger charge is -2.50. The van der Waals surface area contributed by atoms with Gasteiger partial charge in [0.2, 0.25) is 0 Å². The van der Waals surface area contributed by atoms with Gasteiger partial charge in [-0.3, -0.25) is 9.80 Å². The van der Waals surface area contributed by atoms with E-state index in [1.807, 2.05) is 0 Å². The SMILES string of the molecule is CNC(c1ccccc1C1CCC1)C1CN2CCN1CC2. The Morgan fingerprint density at radius 2 is 1.86 bits per heavy atom. The molecule has 3 heteroatoms. The molecule has 3 nitrogen and oxygen atoms in total. The second kappa shape index (κ2) is 5.71. The van der Waals surface area contributed by atoms with Crippen LogP contribution in [0.25, 0.3) is 0 Å². The highest BCUT2D eigenvalue weighted by molar-refractivity contribution is 5.35. The van der Waals surface area contributed by atoms with Gasteiger partial charge < -0.3 is 5.32 Å². The molecule has 0 spiro atoms. The number of nitrogens with zero attached hydrogens (tertiary/aromatic N) is 2. The van der Waals surface area contributed by atoms with Gasteiger partial charge in [-0.15, -0.1) is 0 Å². The van der Waals surface area contributed by atoms with Crippen molar-refractivity contribution in [1.82, 2.24) is 15.1 Å². The fourth-order valence-corrected chi connectivity index (χ4v) is 4.41. The van der Waals surface area contributed by atoms with Crippen molar-refractivity contribution in [2.24, 2.45) is 0 Å². The maximum atomic E-state index is 3.65. The Labute approximate surface area is 128 Å². The Hall–Kier alpha value is -0.900. The van der Waals surface area contributed by atoms with Gasteiger partial charge in [-0.2, -0.15) is 0 Å². The third-order valence-electron chi connectivity index (χ3n) is 5.89. The van der Waals surface area contributed by atoms with Gasteiger partial charge in [0.15, 0.2) is 0 Å². The van der Waals surface area contributed by atoms with E-state index in [-0.39, 0.29) is 0 Å². The number of benzene rings is 1. The normalized spacial score (nSPS) is 33.7. The molecule has 1 saturated carbocycles. The zero-order valence-electron chi connectivity index (χ0n) is 13.1. The molecule has 114 valence electrons. The van der Waals surface area contributed by atoms with Crippen LogP contribution in [0.5, 0.6) is 0 Å². The minimum absolute atomic E-state index is 0.477. The lowest BCUT2D eigenvalue weighted by molar-refractivity contribution is -0.00276. The first-order chi connectivity index (χ1) is 10.4. The molecule has 4 fully saturated rings. The average molecular weight is 285 g/mol. The van der Waals surface area contributed by atoms with Gasteiger partial charge in [-0.05, 0) is 36.9 Å². The number of hydrogen-bond donors (Lipinski definition) is 1. The van der Waals surface area contributed by atoms with Crippen LogP contribution in [0.3, 0.4) is 0 Å². The van der Waals surface area contributed by atoms with E-state index in [2.05, 4.69) is 46.4 Å². The van der Waals surface area contributed by atoms with E-state index in [0.717, 1.165) is 5.92 Å². The number of likely N-dealkylation sites (N-methyl/N-ethyl adjacent to an activating group) is 1. The number of fused-ring (bicyclic) bond motifs is 3. The molecule has 1 N–H and O–H groups in total. The fraction of sp³-hybridized carbons (Fsp3) is 0.667. The summed E-state index contributed by atoms with van der Waals surface area (Å²) in [4.78, 5) is 5.35. The van der Waals surface area contributed by atoms with E-state index < -0.39 is 0 Å². The molecule has 21 heavy (non-hydrogen) atoms. The van der Waals surface area contributed by atoms with Crippen LogP contribution in [0.2, 0.25) is 0 Å². The largest absolute Gasteiger partial charge is 0.312 e. The highest BCUT2D eigenvalue weighted by Crippen LogP contribution is 2.40. The van der Waals surface area contributed by atoms with Gasteiger partial charge in [-0.1, -0.05) is 30.7 Å². The van der Waals surface area contributed by atoms with Crippen LogP contribution in [-0.4, -0.2) is 55.6 Å². The molecule has 1 aliphatic carbocycles. The molecule has 3 saturated heterocycles. The lowest BCUT2D eigenvalue weighted by atomic mass is 9.76. The second-order valence-electron chi connectivity index (χ2n) is 6.93. The van der Waals surface area contributed by atoms with E-state index in [1.54, 1.807) is 11.1 Å². The van der Waals surface area contributed by atoms with E-state index in [1.165, 1.54) is 52.0 Å². The van der Waals surface area contributed by atoms with Crippen molar-refractivity contribution in [3.05, 3.63) is 35.4 Å². The number of hydrogen-bond acceptors (Lipinski definition) is 3. The molecule has 0 aromatic heterocycles. The summed E-state index contributed by atoms with van der Waals surface area (Å²) in [6.07, 6.45) is 4.18. The van der Waals surface area contributed by atoms with Crippen molar-refractivity contribution in [3.8, 4) is 0 Å². The Bertz CT molecular complexity index is 489. The van der Waals surface area contributed by atoms with Crippen molar-refractivity contribution < 1.29 is 0 Å². The molecular weight excluding hydrogens is 258 g/mol. The molecule has 2 bridgehead atoms. The van der Waals surface area contributed by atoms with E-state index in [0.29, 0.717) is 12.1 Å². The van der Waals surface area contributed by atoms with E-state index >= 15 is 0 Å². The third kappa shape index (κ3) is 2.41. The van der Waals surface area contributed by atoms with Crippen molar-refractivity contribution in [2.45, 2.75) is 37.3 Å². The lowest BCUT2D eigenvalue weighted by Crippen LogP contribution is -2.63. The minimum atomic E-state index is 0.477. The average Bonchev–Trinajstić information content (AvgIpc) is 2.49. The van der Waals surface area contributed by atoms with Crippen molar-refractivity contribution in [2.75, 3.05) is 39.8 Å². The Morgan fingerprint density at radius 3 is 2.43 bits per heavy atom. The fourth-order valence-electron chi connectivity index (χ4n) is 4.41. The topological polar surface area (TPSA) is 18.5 Å². The van der Waals surface area contributed by atoms with Gasteiger partial charge in [0.25, 0.3) is 0 Å². The van der Waals surface area contributed by atoms with Crippen LogP contribution in [-0.2, 0) is 0 Å². The zero-order chi connectivity index (χ0) is 14.2. The van der Waals surface area contributed by atoms with Crippen LogP contribution < -0.4 is 5.32 Å². The third-order valence-corrected chi connectivity index (χ3v) is 5.89. The highest BCUT2D eigenvalue weighted by atomic mass is 15.4. The minimum Gasteiger partial charge on any atom is -0.312 e. The summed E-state index contributed by atoms with van der Waals surface area (Å²) in [6.45, 7) is 6.24. The molecule has 3 aliphatic heterocycles. The molecule has 0 amide bonds. The van der Waals surface area contributed by atoms with Crippen molar-refractivity contribution in [1.29, 1.82) is 0 Å². The van der Waals surface area contributed by atoms with Crippen LogP contribution in [0.1, 0.15) is 42.3 Å². The second-order valence-corrected chi connectivity index (χ2v) is 6.93. The summed E-state index contributed by atoms with van der Waals surface area (Å²) in [5.74, 6) is 0.813. The van der Waals surface area contributed by atoms with E-state index in [9.17, 15) is 0 Å². The summed E-state index contributed by atoms with van der Waals surface area (Å²) in [5, 5.41) is 3.65. The number of rotatable bonds is 4. The monoisotopic (exact) mass is 285 g/mol. The van der Waals surface area contributed by atoms with Gasteiger partial charge in [0, 0.05) is 44.8 Å². The van der Waals surface area contributed by atoms with Crippen LogP contribution in [0, 0.1) is 0 Å². The molecule has 3 heterocycles. The van der Waals surface area contributed by atoms with Crippen molar-refractivity contribution in [3.63, 3.8) is 0 Å². The zero-order valence-corrected chi connectivity index (χ0v) is 13.1. The maximum Gasteiger partial charge on any atom is 0.0491 e. The molecule has 1 aromatic carbocycles. The molecule has 4 aliphatic rings. The summed E-state index contributed by atoms with van der Waals surface area (Å²) < 4.78 is 0. The Morgan fingerprint density at radius 1 is 1.10 bits per heavy atom. The van der Waals surface area contributed by atoms with Crippen LogP contribution in [0.4, 0.5) is 0 Å². The summed E-state index contributed by atoms with van der Waals surface area (Å²) in [7, 11) is 2.14. The predicted octanol–water partition coefficient (Wildman–Crippen LogP) is 2.21. The first kappa shape index (κ1) is 13.7. The van der Waals surface area contributed by atoms with Gasteiger partial charge in [0.1, 0.15) is 0 Å². The van der Waals surface area contributed by atoms with Crippen molar-refractivity contribution >= 4 is 0 Å². The van der Waals surface area contributed by atoms with Gasteiger partial charge in [-0.25, -0.2) is 0 Å². The first-order valence-electron chi connectivity index (χ1n) is 8.59. The Kier molecular flexibility index (Phi) is 3.74.